The summed E-state index contributed by atoms with van der Waals surface area (Å²) < 4.78 is 0. The zero-order valence-electron chi connectivity index (χ0n) is 10.7. The van der Waals surface area contributed by atoms with E-state index in [2.05, 4.69) is 82.2 Å². The van der Waals surface area contributed by atoms with Crippen molar-refractivity contribution in [3.63, 3.8) is 0 Å². The van der Waals surface area contributed by atoms with Gasteiger partial charge in [-0.15, -0.1) is 0 Å². The first-order chi connectivity index (χ1) is 9.86. The van der Waals surface area contributed by atoms with Gasteiger partial charge in [0.2, 0.25) is 0 Å². The maximum absolute atomic E-state index is 3.61. The number of rotatable bonds is 1. The molecule has 0 radical (unpaired) electrons. The van der Waals surface area contributed by atoms with Crippen molar-refractivity contribution in [3.05, 3.63) is 66.7 Å². The Morgan fingerprint density at radius 3 is 2.20 bits per heavy atom. The summed E-state index contributed by atoms with van der Waals surface area (Å²) in [5, 5.41) is 9.33. The van der Waals surface area contributed by atoms with Crippen molar-refractivity contribution in [1.29, 1.82) is 0 Å². The van der Waals surface area contributed by atoms with Crippen LogP contribution in [0.15, 0.2) is 66.7 Å². The van der Waals surface area contributed by atoms with Gasteiger partial charge >= 0.3 is 0 Å². The quantitative estimate of drug-likeness (QED) is 0.235. The molecule has 0 saturated heterocycles. The van der Waals surface area contributed by atoms with Crippen molar-refractivity contribution in [2.75, 3.05) is 0 Å². The summed E-state index contributed by atoms with van der Waals surface area (Å²) in [4.78, 5) is 0. The molecule has 0 fully saturated rings. The first-order valence-electron chi connectivity index (χ1n) is 6.58. The van der Waals surface area contributed by atoms with Crippen LogP contribution in [0.1, 0.15) is 0 Å². The van der Waals surface area contributed by atoms with Crippen LogP contribution in [-0.2, 0) is 0 Å². The Labute approximate surface area is 127 Å². The van der Waals surface area contributed by atoms with Gasteiger partial charge in [0, 0.05) is 0 Å². The molecular weight excluding hydrogens is 327 g/mol. The fourth-order valence-corrected chi connectivity index (χ4v) is 4.38. The molecule has 0 heterocycles. The Kier molecular flexibility index (Phi) is 2.98. The van der Waals surface area contributed by atoms with Gasteiger partial charge in [-0.05, 0) is 57.0 Å². The molecule has 1 atom stereocenters. The first kappa shape index (κ1) is 12.3. The lowest BCUT2D eigenvalue weighted by molar-refractivity contribution is 1.79. The molecule has 4 aromatic carbocycles. The molecule has 0 nitrogen and oxygen atoms in total. The smallest absolute Gasteiger partial charge is 0.00824 e. The standard InChI is InChI=1S/C18H12BrP/c19-20-18-7-3-6-15-16(18)9-8-14-10-12-4-1-2-5-13(12)11-17(14)15/h1-11,20H. The van der Waals surface area contributed by atoms with E-state index in [0.29, 0.717) is 7.28 Å². The van der Waals surface area contributed by atoms with Crippen LogP contribution in [0.25, 0.3) is 32.3 Å². The SMILES string of the molecule is BrPc1cccc2c1ccc1cc3ccccc3cc12. The molecular formula is C18H12BrP. The molecule has 4 aromatic rings. The highest BCUT2D eigenvalue weighted by Crippen LogP contribution is 2.31. The molecule has 0 spiro atoms. The van der Waals surface area contributed by atoms with Gasteiger partial charge in [0.15, 0.2) is 0 Å². The molecule has 0 amide bonds. The van der Waals surface area contributed by atoms with Crippen LogP contribution in [0.3, 0.4) is 0 Å². The third kappa shape index (κ3) is 1.85. The highest BCUT2D eigenvalue weighted by Gasteiger charge is 2.05. The highest BCUT2D eigenvalue weighted by molar-refractivity contribution is 9.37. The monoisotopic (exact) mass is 338 g/mol. The van der Waals surface area contributed by atoms with E-state index in [1.54, 1.807) is 0 Å². The number of benzene rings is 4. The normalized spacial score (nSPS) is 12.1. The summed E-state index contributed by atoms with van der Waals surface area (Å²) in [6.07, 6.45) is 0. The zero-order valence-corrected chi connectivity index (χ0v) is 13.3. The summed E-state index contributed by atoms with van der Waals surface area (Å²) in [6, 6.07) is 24.2. The zero-order chi connectivity index (χ0) is 13.5. The van der Waals surface area contributed by atoms with Crippen molar-refractivity contribution < 1.29 is 0 Å². The molecule has 0 bridgehead atoms. The Bertz CT molecular complexity index is 944. The minimum atomic E-state index is 0.649. The molecule has 2 heteroatoms. The number of fused-ring (bicyclic) bond motifs is 4. The molecule has 20 heavy (non-hydrogen) atoms. The summed E-state index contributed by atoms with van der Waals surface area (Å²) in [5.74, 6) is 0. The molecule has 0 aliphatic heterocycles. The summed E-state index contributed by atoms with van der Waals surface area (Å²) in [7, 11) is 0.649. The van der Waals surface area contributed by atoms with E-state index in [9.17, 15) is 0 Å². The third-order valence-corrected chi connectivity index (χ3v) is 5.77. The van der Waals surface area contributed by atoms with E-state index >= 15 is 0 Å². The number of halogens is 1. The molecule has 0 saturated carbocycles. The van der Waals surface area contributed by atoms with Gasteiger partial charge in [-0.2, -0.15) is 0 Å². The average molecular weight is 339 g/mol. The van der Waals surface area contributed by atoms with E-state index in [4.69, 9.17) is 0 Å². The summed E-state index contributed by atoms with van der Waals surface area (Å²) in [6.45, 7) is 0. The summed E-state index contributed by atoms with van der Waals surface area (Å²) >= 11 is 3.61. The lowest BCUT2D eigenvalue weighted by atomic mass is 9.98. The molecule has 0 N–H and O–H groups in total. The van der Waals surface area contributed by atoms with Gasteiger partial charge in [-0.3, -0.25) is 0 Å². The largest absolute Gasteiger partial charge is 0.0616 e. The maximum atomic E-state index is 3.61. The van der Waals surface area contributed by atoms with Gasteiger partial charge < -0.3 is 0 Å². The van der Waals surface area contributed by atoms with Gasteiger partial charge in [0.25, 0.3) is 0 Å². The van der Waals surface area contributed by atoms with Crippen LogP contribution in [-0.4, -0.2) is 0 Å². The Hall–Kier alpha value is -1.43. The van der Waals surface area contributed by atoms with E-state index in [-0.39, 0.29) is 0 Å². The third-order valence-electron chi connectivity index (χ3n) is 3.85. The summed E-state index contributed by atoms with van der Waals surface area (Å²) in [5.41, 5.74) is 0. The van der Waals surface area contributed by atoms with Crippen molar-refractivity contribution in [3.8, 4) is 0 Å². The second kappa shape index (κ2) is 4.84. The first-order valence-corrected chi connectivity index (χ1v) is 9.83. The van der Waals surface area contributed by atoms with E-state index in [1.807, 2.05) is 0 Å². The van der Waals surface area contributed by atoms with Crippen molar-refractivity contribution in [1.82, 2.24) is 0 Å². The Balaban J connectivity index is 2.21. The lowest BCUT2D eigenvalue weighted by Crippen LogP contribution is -1.93. The predicted octanol–water partition coefficient (Wildman–Crippen LogP) is 5.76. The average Bonchev–Trinajstić information content (AvgIpc) is 2.52. The van der Waals surface area contributed by atoms with Gasteiger partial charge in [-0.1, -0.05) is 70.1 Å². The predicted molar refractivity (Wildman–Crippen MR) is 95.8 cm³/mol. The Morgan fingerprint density at radius 1 is 0.600 bits per heavy atom. The number of hydrogen-bond donors (Lipinski definition) is 0. The minimum Gasteiger partial charge on any atom is -0.0616 e. The van der Waals surface area contributed by atoms with Crippen LogP contribution in [0, 0.1) is 0 Å². The van der Waals surface area contributed by atoms with E-state index < -0.39 is 0 Å². The molecule has 0 aliphatic carbocycles. The fraction of sp³-hybridized carbons (Fsp3) is 0. The molecule has 0 aliphatic rings. The molecule has 4 rings (SSSR count). The van der Waals surface area contributed by atoms with Gasteiger partial charge in [-0.25, -0.2) is 0 Å². The molecule has 96 valence electrons. The van der Waals surface area contributed by atoms with Gasteiger partial charge in [0.1, 0.15) is 0 Å². The topological polar surface area (TPSA) is 0 Å². The maximum Gasteiger partial charge on any atom is -0.00824 e. The highest BCUT2D eigenvalue weighted by atomic mass is 79.9. The van der Waals surface area contributed by atoms with E-state index in [1.165, 1.54) is 37.6 Å². The van der Waals surface area contributed by atoms with Crippen LogP contribution in [0.5, 0.6) is 0 Å². The van der Waals surface area contributed by atoms with E-state index in [0.717, 1.165) is 0 Å². The van der Waals surface area contributed by atoms with Crippen LogP contribution >= 0.6 is 22.8 Å². The Morgan fingerprint density at radius 2 is 1.40 bits per heavy atom. The van der Waals surface area contributed by atoms with Crippen molar-refractivity contribution in [2.45, 2.75) is 0 Å². The van der Waals surface area contributed by atoms with Crippen molar-refractivity contribution >= 4 is 60.4 Å². The molecule has 1 unspecified atom stereocenters. The van der Waals surface area contributed by atoms with Crippen LogP contribution in [0.2, 0.25) is 0 Å². The molecule has 0 aromatic heterocycles. The second-order valence-electron chi connectivity index (χ2n) is 4.98. The van der Waals surface area contributed by atoms with Crippen LogP contribution < -0.4 is 5.30 Å². The fourth-order valence-electron chi connectivity index (χ4n) is 2.86. The minimum absolute atomic E-state index is 0.649. The van der Waals surface area contributed by atoms with Gasteiger partial charge in [0.05, 0.1) is 0 Å². The van der Waals surface area contributed by atoms with Crippen LogP contribution in [0.4, 0.5) is 0 Å². The second-order valence-corrected chi connectivity index (χ2v) is 6.90. The number of hydrogen-bond acceptors (Lipinski definition) is 0. The lowest BCUT2D eigenvalue weighted by Gasteiger charge is -2.08. The van der Waals surface area contributed by atoms with Crippen molar-refractivity contribution in [2.24, 2.45) is 0 Å².